The van der Waals surface area contributed by atoms with Crippen LogP contribution in [-0.4, -0.2) is 21.3 Å². The Balaban J connectivity index is 1.96. The second kappa shape index (κ2) is 7.45. The van der Waals surface area contributed by atoms with Gasteiger partial charge in [0.2, 0.25) is 0 Å². The van der Waals surface area contributed by atoms with E-state index in [9.17, 15) is 13.0 Å². The maximum absolute atomic E-state index is 13.3. The molecule has 0 aromatic heterocycles. The van der Waals surface area contributed by atoms with Gasteiger partial charge in [0.25, 0.3) is 0 Å². The Morgan fingerprint density at radius 3 is 2.76 bits per heavy atom. The highest BCUT2D eigenvalue weighted by Gasteiger charge is 2.26. The van der Waals surface area contributed by atoms with Gasteiger partial charge in [-0.25, -0.2) is 8.78 Å². The van der Waals surface area contributed by atoms with E-state index >= 15 is 0 Å². The summed E-state index contributed by atoms with van der Waals surface area (Å²) in [4.78, 5) is 0. The predicted octanol–water partition coefficient (Wildman–Crippen LogP) is 3.70. The Kier molecular flexibility index (Phi) is 5.88. The molecule has 4 atom stereocenters. The molecule has 0 heterocycles. The van der Waals surface area contributed by atoms with E-state index < -0.39 is 22.4 Å². The maximum atomic E-state index is 13.3. The molecule has 0 spiro atoms. The molecular formula is C16H23F2NOS. The first-order valence-electron chi connectivity index (χ1n) is 7.59. The smallest absolute Gasteiger partial charge is 0.159 e. The van der Waals surface area contributed by atoms with Crippen molar-refractivity contribution < 1.29 is 13.0 Å². The largest absolute Gasteiger partial charge is 0.307 e. The summed E-state index contributed by atoms with van der Waals surface area (Å²) in [5.74, 6) is -0.924. The fraction of sp³-hybridized carbons (Fsp3) is 0.625. The van der Waals surface area contributed by atoms with Gasteiger partial charge in [0.15, 0.2) is 11.6 Å². The second-order valence-electron chi connectivity index (χ2n) is 5.72. The van der Waals surface area contributed by atoms with Gasteiger partial charge in [-0.3, -0.25) is 4.21 Å². The van der Waals surface area contributed by atoms with Crippen LogP contribution in [-0.2, 0) is 10.8 Å². The van der Waals surface area contributed by atoms with Crippen molar-refractivity contribution in [2.45, 2.75) is 56.9 Å². The van der Waals surface area contributed by atoms with E-state index in [0.717, 1.165) is 31.2 Å². The molecular weight excluding hydrogens is 292 g/mol. The molecule has 1 aliphatic carbocycles. The minimum atomic E-state index is -0.818. The first-order valence-corrected chi connectivity index (χ1v) is 8.97. The van der Waals surface area contributed by atoms with Crippen molar-refractivity contribution >= 4 is 10.8 Å². The van der Waals surface area contributed by atoms with Crippen LogP contribution in [0.15, 0.2) is 18.2 Å². The number of rotatable bonds is 5. The zero-order valence-electron chi connectivity index (χ0n) is 12.6. The molecule has 118 valence electrons. The van der Waals surface area contributed by atoms with Gasteiger partial charge in [0.1, 0.15) is 0 Å². The van der Waals surface area contributed by atoms with Gasteiger partial charge in [-0.2, -0.15) is 0 Å². The third kappa shape index (κ3) is 4.33. The van der Waals surface area contributed by atoms with Crippen molar-refractivity contribution in [2.24, 2.45) is 0 Å². The molecule has 1 aliphatic rings. The van der Waals surface area contributed by atoms with Crippen molar-refractivity contribution in [2.75, 3.05) is 5.75 Å². The van der Waals surface area contributed by atoms with Crippen LogP contribution in [0.3, 0.4) is 0 Å². The van der Waals surface area contributed by atoms with Gasteiger partial charge >= 0.3 is 0 Å². The molecule has 1 aromatic carbocycles. The van der Waals surface area contributed by atoms with Gasteiger partial charge in [0, 0.05) is 33.9 Å². The van der Waals surface area contributed by atoms with Gasteiger partial charge in [0.05, 0.1) is 0 Å². The third-order valence-electron chi connectivity index (χ3n) is 4.21. The van der Waals surface area contributed by atoms with E-state index in [1.54, 1.807) is 6.07 Å². The molecule has 2 rings (SSSR count). The summed E-state index contributed by atoms with van der Waals surface area (Å²) in [6.45, 7) is 3.91. The van der Waals surface area contributed by atoms with Crippen molar-refractivity contribution in [3.05, 3.63) is 35.4 Å². The quantitative estimate of drug-likeness (QED) is 0.898. The lowest BCUT2D eigenvalue weighted by molar-refractivity contribution is 0.349. The minimum absolute atomic E-state index is 0.0427. The molecule has 0 bridgehead atoms. The van der Waals surface area contributed by atoms with Crippen LogP contribution >= 0.6 is 0 Å². The Morgan fingerprint density at radius 1 is 1.33 bits per heavy atom. The number of benzene rings is 1. The van der Waals surface area contributed by atoms with E-state index in [-0.39, 0.29) is 11.3 Å². The average Bonchev–Trinajstić information content (AvgIpc) is 2.49. The number of halogens is 2. The lowest BCUT2D eigenvalue weighted by atomic mass is 9.93. The van der Waals surface area contributed by atoms with Gasteiger partial charge < -0.3 is 5.32 Å². The van der Waals surface area contributed by atoms with Gasteiger partial charge in [-0.15, -0.1) is 0 Å². The number of hydrogen-bond donors (Lipinski definition) is 1. The summed E-state index contributed by atoms with van der Waals surface area (Å²) >= 11 is 0. The Labute approximate surface area is 127 Å². The second-order valence-corrected chi connectivity index (χ2v) is 7.72. The van der Waals surface area contributed by atoms with Crippen LogP contribution in [0.1, 0.15) is 51.1 Å². The van der Waals surface area contributed by atoms with E-state index in [1.807, 2.05) is 13.8 Å². The van der Waals surface area contributed by atoms with Crippen LogP contribution in [0.4, 0.5) is 8.78 Å². The molecule has 1 N–H and O–H groups in total. The zero-order chi connectivity index (χ0) is 15.4. The molecule has 0 unspecified atom stereocenters. The van der Waals surface area contributed by atoms with Crippen LogP contribution < -0.4 is 5.32 Å². The minimum Gasteiger partial charge on any atom is -0.307 e. The lowest BCUT2D eigenvalue weighted by Gasteiger charge is -2.31. The number of hydrogen-bond acceptors (Lipinski definition) is 2. The van der Waals surface area contributed by atoms with Crippen molar-refractivity contribution in [3.63, 3.8) is 0 Å². The normalized spacial score (nSPS) is 25.5. The first kappa shape index (κ1) is 16.6. The first-order chi connectivity index (χ1) is 10.0. The molecule has 0 aliphatic heterocycles. The van der Waals surface area contributed by atoms with Crippen LogP contribution in [0, 0.1) is 11.6 Å². The lowest BCUT2D eigenvalue weighted by Crippen LogP contribution is -2.39. The van der Waals surface area contributed by atoms with E-state index in [2.05, 4.69) is 5.32 Å². The summed E-state index contributed by atoms with van der Waals surface area (Å²) in [6.07, 6.45) is 4.04. The fourth-order valence-electron chi connectivity index (χ4n) is 3.00. The summed E-state index contributed by atoms with van der Waals surface area (Å²) in [5.41, 5.74) is 0.743. The van der Waals surface area contributed by atoms with E-state index in [0.29, 0.717) is 11.8 Å². The summed E-state index contributed by atoms with van der Waals surface area (Å²) in [5, 5.41) is 3.73. The highest BCUT2D eigenvalue weighted by molar-refractivity contribution is 7.85. The standard InChI is InChI=1S/C16H23F2NOS/c1-3-21(20)14-6-4-5-13(10-14)19-11(2)12-7-8-15(17)16(18)9-12/h7-9,11,13-14,19H,3-6,10H2,1-2H3/t11-,13-,14+,21+/m0/s1. The Morgan fingerprint density at radius 2 is 2.10 bits per heavy atom. The molecule has 0 radical (unpaired) electrons. The Bertz CT molecular complexity index is 509. The molecule has 0 amide bonds. The molecule has 5 heteroatoms. The summed E-state index contributed by atoms with van der Waals surface area (Å²) in [7, 11) is -0.750. The zero-order valence-corrected chi connectivity index (χ0v) is 13.4. The summed E-state index contributed by atoms with van der Waals surface area (Å²) in [6, 6.07) is 4.28. The molecule has 21 heavy (non-hydrogen) atoms. The Hall–Kier alpha value is -0.810. The van der Waals surface area contributed by atoms with E-state index in [1.165, 1.54) is 12.1 Å². The number of nitrogens with one attached hydrogen (secondary N) is 1. The van der Waals surface area contributed by atoms with Crippen molar-refractivity contribution in [1.82, 2.24) is 5.32 Å². The summed E-state index contributed by atoms with van der Waals surface area (Å²) < 4.78 is 38.2. The predicted molar refractivity (Wildman–Crippen MR) is 82.6 cm³/mol. The molecule has 1 fully saturated rings. The molecule has 0 saturated heterocycles. The average molecular weight is 315 g/mol. The maximum Gasteiger partial charge on any atom is 0.159 e. The molecule has 1 saturated carbocycles. The molecule has 2 nitrogen and oxygen atoms in total. The van der Waals surface area contributed by atoms with Gasteiger partial charge in [-0.05, 0) is 43.9 Å². The van der Waals surface area contributed by atoms with Crippen molar-refractivity contribution in [3.8, 4) is 0 Å². The van der Waals surface area contributed by atoms with Crippen molar-refractivity contribution in [1.29, 1.82) is 0 Å². The fourth-order valence-corrected chi connectivity index (χ4v) is 4.35. The highest BCUT2D eigenvalue weighted by atomic mass is 32.2. The third-order valence-corrected chi connectivity index (χ3v) is 5.95. The van der Waals surface area contributed by atoms with E-state index in [4.69, 9.17) is 0 Å². The highest BCUT2D eigenvalue weighted by Crippen LogP contribution is 2.25. The SMILES string of the molecule is CC[S@@](=O)[C@@H]1CCC[C@H](N[C@@H](C)c2ccc(F)c(F)c2)C1. The van der Waals surface area contributed by atoms with Gasteiger partial charge in [-0.1, -0.05) is 19.4 Å². The molecule has 1 aromatic rings. The topological polar surface area (TPSA) is 29.1 Å². The monoisotopic (exact) mass is 315 g/mol. The van der Waals surface area contributed by atoms with Crippen LogP contribution in [0.25, 0.3) is 0 Å². The van der Waals surface area contributed by atoms with Crippen LogP contribution in [0.5, 0.6) is 0 Å². The van der Waals surface area contributed by atoms with Crippen LogP contribution in [0.2, 0.25) is 0 Å².